The zero-order chi connectivity index (χ0) is 13.2. The van der Waals surface area contributed by atoms with E-state index in [2.05, 4.69) is 5.32 Å². The fraction of sp³-hybridized carbons (Fsp3) is 0.400. The highest BCUT2D eigenvalue weighted by Gasteiger charge is 2.00. The Hall–Kier alpha value is -1.77. The van der Waals surface area contributed by atoms with Gasteiger partial charge in [0.05, 0.1) is 13.0 Å². The van der Waals surface area contributed by atoms with Crippen LogP contribution in [-0.4, -0.2) is 19.1 Å². The molecule has 0 radical (unpaired) electrons. The molecule has 0 aliphatic heterocycles. The van der Waals surface area contributed by atoms with Crippen LogP contribution in [0.4, 0.5) is 0 Å². The molecule has 1 rings (SSSR count). The van der Waals surface area contributed by atoms with Gasteiger partial charge in [0.15, 0.2) is 0 Å². The second kappa shape index (κ2) is 8.34. The average Bonchev–Trinajstić information content (AvgIpc) is 2.37. The summed E-state index contributed by atoms with van der Waals surface area (Å²) in [5.74, 6) is 0.842. The normalized spacial score (nSPS) is 10.6. The second-order valence-electron chi connectivity index (χ2n) is 4.12. The Kier molecular flexibility index (Phi) is 6.62. The van der Waals surface area contributed by atoms with Crippen LogP contribution in [0.3, 0.4) is 0 Å². The lowest BCUT2D eigenvalue weighted by molar-refractivity contribution is -0.121. The first-order valence-electron chi connectivity index (χ1n) is 6.29. The van der Waals surface area contributed by atoms with Crippen molar-refractivity contribution in [2.45, 2.75) is 26.7 Å². The number of hydrogen-bond acceptors (Lipinski definition) is 2. The molecule has 1 N–H and O–H groups in total. The van der Waals surface area contributed by atoms with E-state index < -0.39 is 0 Å². The van der Waals surface area contributed by atoms with Crippen LogP contribution in [-0.2, 0) is 4.79 Å². The fourth-order valence-corrected chi connectivity index (χ4v) is 1.45. The zero-order valence-corrected chi connectivity index (χ0v) is 11.1. The smallest absolute Gasteiger partial charge is 0.223 e. The number of nitrogens with one attached hydrogen (secondary N) is 1. The summed E-state index contributed by atoms with van der Waals surface area (Å²) >= 11 is 0. The highest BCUT2D eigenvalue weighted by atomic mass is 16.5. The van der Waals surface area contributed by atoms with Crippen LogP contribution >= 0.6 is 0 Å². The predicted octanol–water partition coefficient (Wildman–Crippen LogP) is 2.85. The molecule has 0 spiro atoms. The maximum absolute atomic E-state index is 11.4. The number of hydrogen-bond donors (Lipinski definition) is 1. The molecule has 0 heterocycles. The number of rotatable bonds is 7. The Bertz CT molecular complexity index is 382. The van der Waals surface area contributed by atoms with Crippen molar-refractivity contribution in [3.63, 3.8) is 0 Å². The minimum absolute atomic E-state index is 0.0339. The quantitative estimate of drug-likeness (QED) is 0.594. The molecule has 0 unspecified atom stereocenters. The van der Waals surface area contributed by atoms with Crippen molar-refractivity contribution in [1.29, 1.82) is 0 Å². The monoisotopic (exact) mass is 247 g/mol. The third-order valence-electron chi connectivity index (χ3n) is 2.49. The maximum Gasteiger partial charge on any atom is 0.223 e. The number of carbonyl (C=O) groups is 1. The molecular weight excluding hydrogens is 226 g/mol. The van der Waals surface area contributed by atoms with Crippen molar-refractivity contribution in [2.75, 3.05) is 13.2 Å². The van der Waals surface area contributed by atoms with E-state index in [1.54, 1.807) is 0 Å². The molecule has 0 aliphatic rings. The Morgan fingerprint density at radius 1 is 1.33 bits per heavy atom. The lowest BCUT2D eigenvalue weighted by Gasteiger charge is -2.06. The van der Waals surface area contributed by atoms with E-state index in [1.807, 2.05) is 50.3 Å². The van der Waals surface area contributed by atoms with Crippen molar-refractivity contribution in [3.05, 3.63) is 42.0 Å². The van der Waals surface area contributed by atoms with Crippen LogP contribution in [0, 0.1) is 6.92 Å². The lowest BCUT2D eigenvalue weighted by atomic mass is 10.2. The molecule has 3 heteroatoms. The molecule has 1 aromatic carbocycles. The zero-order valence-electron chi connectivity index (χ0n) is 11.1. The molecule has 98 valence electrons. The van der Waals surface area contributed by atoms with E-state index in [0.717, 1.165) is 12.2 Å². The highest BCUT2D eigenvalue weighted by molar-refractivity contribution is 5.75. The van der Waals surface area contributed by atoms with Gasteiger partial charge in [0.25, 0.3) is 0 Å². The maximum atomic E-state index is 11.4. The Labute approximate surface area is 109 Å². The first-order chi connectivity index (χ1) is 8.72. The summed E-state index contributed by atoms with van der Waals surface area (Å²) in [6, 6.07) is 7.82. The van der Waals surface area contributed by atoms with Gasteiger partial charge in [0.1, 0.15) is 5.75 Å². The Morgan fingerprint density at radius 2 is 2.06 bits per heavy atom. The predicted molar refractivity (Wildman–Crippen MR) is 73.7 cm³/mol. The number of aryl methyl sites for hydroxylation is 1. The molecule has 0 saturated carbocycles. The third-order valence-corrected chi connectivity index (χ3v) is 2.49. The van der Waals surface area contributed by atoms with E-state index in [1.165, 1.54) is 5.56 Å². The van der Waals surface area contributed by atoms with Crippen LogP contribution in [0.25, 0.3) is 0 Å². The highest BCUT2D eigenvalue weighted by Crippen LogP contribution is 2.11. The molecule has 0 fully saturated rings. The Balaban J connectivity index is 2.13. The van der Waals surface area contributed by atoms with Gasteiger partial charge in [-0.05, 0) is 32.4 Å². The van der Waals surface area contributed by atoms with Gasteiger partial charge < -0.3 is 10.1 Å². The summed E-state index contributed by atoms with van der Waals surface area (Å²) in [7, 11) is 0. The first-order valence-corrected chi connectivity index (χ1v) is 6.29. The van der Waals surface area contributed by atoms with Crippen molar-refractivity contribution >= 4 is 5.91 Å². The second-order valence-corrected chi connectivity index (χ2v) is 4.12. The van der Waals surface area contributed by atoms with Crippen molar-refractivity contribution in [2.24, 2.45) is 0 Å². The number of benzene rings is 1. The summed E-state index contributed by atoms with van der Waals surface area (Å²) in [6.45, 7) is 5.10. The first kappa shape index (κ1) is 14.3. The van der Waals surface area contributed by atoms with Crippen molar-refractivity contribution in [1.82, 2.24) is 5.32 Å². The Morgan fingerprint density at radius 3 is 2.72 bits per heavy atom. The van der Waals surface area contributed by atoms with Crippen LogP contribution in [0.2, 0.25) is 0 Å². The van der Waals surface area contributed by atoms with Gasteiger partial charge in [-0.1, -0.05) is 29.8 Å². The number of ether oxygens (including phenoxy) is 1. The minimum Gasteiger partial charge on any atom is -0.493 e. The van der Waals surface area contributed by atoms with E-state index in [0.29, 0.717) is 19.6 Å². The molecule has 3 nitrogen and oxygen atoms in total. The summed E-state index contributed by atoms with van der Waals surface area (Å²) < 4.78 is 5.48. The van der Waals surface area contributed by atoms with Crippen LogP contribution in [0.1, 0.15) is 25.3 Å². The van der Waals surface area contributed by atoms with Gasteiger partial charge >= 0.3 is 0 Å². The van der Waals surface area contributed by atoms with Crippen LogP contribution in [0.15, 0.2) is 36.4 Å². The number of allylic oxidation sites excluding steroid dienone is 1. The van der Waals surface area contributed by atoms with Gasteiger partial charge in [-0.3, -0.25) is 4.79 Å². The molecule has 0 aromatic heterocycles. The van der Waals surface area contributed by atoms with Crippen molar-refractivity contribution in [3.8, 4) is 5.75 Å². The molecule has 18 heavy (non-hydrogen) atoms. The standard InChI is InChI=1S/C15H21NO2/c1-3-4-5-11-16-15(17)10-12-18-14-8-6-13(2)7-9-14/h3-4,6-9H,5,10-12H2,1-2H3,(H,16,17)/b4-3+. The van der Waals surface area contributed by atoms with Gasteiger partial charge in [0, 0.05) is 6.54 Å². The molecule has 0 aliphatic carbocycles. The summed E-state index contributed by atoms with van der Waals surface area (Å²) in [5, 5.41) is 2.84. The average molecular weight is 247 g/mol. The number of carbonyl (C=O) groups excluding carboxylic acids is 1. The molecule has 1 amide bonds. The van der Waals surface area contributed by atoms with E-state index in [-0.39, 0.29) is 5.91 Å². The lowest BCUT2D eigenvalue weighted by Crippen LogP contribution is -2.25. The minimum atomic E-state index is 0.0339. The van der Waals surface area contributed by atoms with Crippen LogP contribution in [0.5, 0.6) is 5.75 Å². The van der Waals surface area contributed by atoms with Gasteiger partial charge in [0.2, 0.25) is 5.91 Å². The summed E-state index contributed by atoms with van der Waals surface area (Å²) in [6.07, 6.45) is 5.28. The van der Waals surface area contributed by atoms with Crippen molar-refractivity contribution < 1.29 is 9.53 Å². The van der Waals surface area contributed by atoms with Gasteiger partial charge in [-0.25, -0.2) is 0 Å². The number of amides is 1. The third kappa shape index (κ3) is 6.09. The topological polar surface area (TPSA) is 38.3 Å². The van der Waals surface area contributed by atoms with E-state index in [4.69, 9.17) is 4.74 Å². The van der Waals surface area contributed by atoms with E-state index in [9.17, 15) is 4.79 Å². The SMILES string of the molecule is C/C=C/CCNC(=O)CCOc1ccc(C)cc1. The van der Waals surface area contributed by atoms with Gasteiger partial charge in [-0.2, -0.15) is 0 Å². The van der Waals surface area contributed by atoms with Crippen LogP contribution < -0.4 is 10.1 Å². The summed E-state index contributed by atoms with van der Waals surface area (Å²) in [4.78, 5) is 11.4. The molecular formula is C15H21NO2. The fourth-order valence-electron chi connectivity index (χ4n) is 1.45. The molecule has 1 aromatic rings. The molecule has 0 saturated heterocycles. The van der Waals surface area contributed by atoms with E-state index >= 15 is 0 Å². The molecule has 0 atom stereocenters. The largest absolute Gasteiger partial charge is 0.493 e. The molecule has 0 bridgehead atoms. The van der Waals surface area contributed by atoms with Gasteiger partial charge in [-0.15, -0.1) is 0 Å². The summed E-state index contributed by atoms with van der Waals surface area (Å²) in [5.41, 5.74) is 1.20.